The molecule has 0 saturated carbocycles. The maximum absolute atomic E-state index is 11.2. The summed E-state index contributed by atoms with van der Waals surface area (Å²) in [6.45, 7) is 0. The number of amidine groups is 1. The normalized spacial score (nSPS) is 8.64. The van der Waals surface area contributed by atoms with Crippen LogP contribution < -0.4 is 5.73 Å². The number of benzene rings is 1. The van der Waals surface area contributed by atoms with Crippen LogP contribution in [0.25, 0.3) is 0 Å². The molecular formula is C9H11ClN2O2. The standard InChI is InChI=1S/C9H10N2O2.ClH/c1-13-9(12)7-5-3-2-4-6(7)8(10)11;/h2-5H,1H3,(H3,10,11);1H. The third-order valence-corrected chi connectivity index (χ3v) is 1.62. The molecule has 0 spiro atoms. The van der Waals surface area contributed by atoms with Crippen molar-refractivity contribution < 1.29 is 9.53 Å². The summed E-state index contributed by atoms with van der Waals surface area (Å²) in [4.78, 5) is 11.2. The van der Waals surface area contributed by atoms with Gasteiger partial charge in [0.1, 0.15) is 5.84 Å². The van der Waals surface area contributed by atoms with Crippen molar-refractivity contribution in [2.75, 3.05) is 7.11 Å². The zero-order chi connectivity index (χ0) is 9.84. The topological polar surface area (TPSA) is 76.2 Å². The molecule has 76 valence electrons. The Bertz CT molecular complexity index is 352. The summed E-state index contributed by atoms with van der Waals surface area (Å²) in [7, 11) is 1.29. The Morgan fingerprint density at radius 2 is 1.86 bits per heavy atom. The largest absolute Gasteiger partial charge is 0.465 e. The van der Waals surface area contributed by atoms with Crippen molar-refractivity contribution in [2.24, 2.45) is 5.73 Å². The van der Waals surface area contributed by atoms with Gasteiger partial charge in [-0.05, 0) is 6.07 Å². The molecule has 1 aromatic rings. The molecule has 14 heavy (non-hydrogen) atoms. The van der Waals surface area contributed by atoms with E-state index >= 15 is 0 Å². The van der Waals surface area contributed by atoms with E-state index < -0.39 is 5.97 Å². The summed E-state index contributed by atoms with van der Waals surface area (Å²) in [6, 6.07) is 6.58. The average Bonchev–Trinajstić information content (AvgIpc) is 2.16. The van der Waals surface area contributed by atoms with E-state index in [1.54, 1.807) is 24.3 Å². The second-order valence-electron chi connectivity index (χ2n) is 2.45. The molecule has 0 bridgehead atoms. The molecule has 3 N–H and O–H groups in total. The van der Waals surface area contributed by atoms with Crippen LogP contribution in [0, 0.1) is 5.41 Å². The van der Waals surface area contributed by atoms with Crippen molar-refractivity contribution in [3.63, 3.8) is 0 Å². The number of carbonyl (C=O) groups excluding carboxylic acids is 1. The number of methoxy groups -OCH3 is 1. The number of esters is 1. The molecule has 0 unspecified atom stereocenters. The van der Waals surface area contributed by atoms with Gasteiger partial charge in [0.05, 0.1) is 12.7 Å². The van der Waals surface area contributed by atoms with Gasteiger partial charge in [-0.1, -0.05) is 18.2 Å². The Kier molecular flexibility index (Phi) is 4.66. The van der Waals surface area contributed by atoms with Gasteiger partial charge in [0, 0.05) is 5.56 Å². The number of ether oxygens (including phenoxy) is 1. The van der Waals surface area contributed by atoms with Gasteiger partial charge in [-0.15, -0.1) is 12.4 Å². The predicted molar refractivity (Wildman–Crippen MR) is 56.0 cm³/mol. The summed E-state index contributed by atoms with van der Waals surface area (Å²) >= 11 is 0. The number of nitrogen functional groups attached to an aromatic ring is 1. The van der Waals surface area contributed by atoms with Crippen LogP contribution in [0.3, 0.4) is 0 Å². The van der Waals surface area contributed by atoms with E-state index in [0.717, 1.165) is 0 Å². The fraction of sp³-hybridized carbons (Fsp3) is 0.111. The Morgan fingerprint density at radius 1 is 1.36 bits per heavy atom. The van der Waals surface area contributed by atoms with Gasteiger partial charge in [0.15, 0.2) is 0 Å². The first-order chi connectivity index (χ1) is 6.16. The van der Waals surface area contributed by atoms with Gasteiger partial charge in [0.25, 0.3) is 0 Å². The molecule has 0 heterocycles. The van der Waals surface area contributed by atoms with Crippen molar-refractivity contribution in [3.05, 3.63) is 35.4 Å². The Hall–Kier alpha value is -1.55. The summed E-state index contributed by atoms with van der Waals surface area (Å²) in [5.41, 5.74) is 6.00. The quantitative estimate of drug-likeness (QED) is 0.441. The fourth-order valence-electron chi connectivity index (χ4n) is 1.01. The smallest absolute Gasteiger partial charge is 0.338 e. The Labute approximate surface area is 88.0 Å². The molecule has 1 aromatic carbocycles. The average molecular weight is 215 g/mol. The van der Waals surface area contributed by atoms with E-state index in [0.29, 0.717) is 11.1 Å². The summed E-state index contributed by atoms with van der Waals surface area (Å²) in [5.74, 6) is -0.619. The molecule has 4 nitrogen and oxygen atoms in total. The number of nitrogens with two attached hydrogens (primary N) is 1. The minimum absolute atomic E-state index is 0. The monoisotopic (exact) mass is 214 g/mol. The summed E-state index contributed by atoms with van der Waals surface area (Å²) < 4.78 is 4.54. The van der Waals surface area contributed by atoms with Crippen LogP contribution in [0.5, 0.6) is 0 Å². The van der Waals surface area contributed by atoms with Crippen LogP contribution in [0.2, 0.25) is 0 Å². The molecule has 0 fully saturated rings. The second kappa shape index (κ2) is 5.24. The molecule has 0 aliphatic rings. The first kappa shape index (κ1) is 12.4. The Morgan fingerprint density at radius 3 is 2.29 bits per heavy atom. The highest BCUT2D eigenvalue weighted by Gasteiger charge is 2.11. The number of halogens is 1. The van der Waals surface area contributed by atoms with Crippen molar-refractivity contribution in [2.45, 2.75) is 0 Å². The van der Waals surface area contributed by atoms with E-state index in [-0.39, 0.29) is 18.2 Å². The lowest BCUT2D eigenvalue weighted by Gasteiger charge is -2.04. The SMILES string of the molecule is COC(=O)c1ccccc1C(=N)N.Cl. The second-order valence-corrected chi connectivity index (χ2v) is 2.45. The van der Waals surface area contributed by atoms with Crippen molar-refractivity contribution in [3.8, 4) is 0 Å². The van der Waals surface area contributed by atoms with Gasteiger partial charge >= 0.3 is 5.97 Å². The highest BCUT2D eigenvalue weighted by molar-refractivity contribution is 6.05. The van der Waals surface area contributed by atoms with Crippen molar-refractivity contribution in [1.82, 2.24) is 0 Å². The van der Waals surface area contributed by atoms with Crippen LogP contribution in [0.4, 0.5) is 0 Å². The third-order valence-electron chi connectivity index (χ3n) is 1.62. The van der Waals surface area contributed by atoms with Gasteiger partial charge < -0.3 is 10.5 Å². The predicted octanol–water partition coefficient (Wildman–Crippen LogP) is 1.18. The number of hydrogen-bond donors (Lipinski definition) is 2. The number of rotatable bonds is 2. The first-order valence-electron chi connectivity index (χ1n) is 3.68. The molecule has 0 amide bonds. The van der Waals surface area contributed by atoms with Gasteiger partial charge in [0.2, 0.25) is 0 Å². The molecule has 0 aromatic heterocycles. The van der Waals surface area contributed by atoms with E-state index in [2.05, 4.69) is 4.74 Å². The minimum Gasteiger partial charge on any atom is -0.465 e. The molecule has 0 aliphatic carbocycles. The third kappa shape index (κ3) is 2.47. The number of nitrogens with one attached hydrogen (secondary N) is 1. The maximum atomic E-state index is 11.2. The summed E-state index contributed by atoms with van der Waals surface area (Å²) in [5, 5.41) is 7.21. The molecular weight excluding hydrogens is 204 g/mol. The maximum Gasteiger partial charge on any atom is 0.338 e. The van der Waals surface area contributed by atoms with Crippen molar-refractivity contribution in [1.29, 1.82) is 5.41 Å². The molecule has 0 atom stereocenters. The zero-order valence-corrected chi connectivity index (χ0v) is 8.43. The van der Waals surface area contributed by atoms with Gasteiger partial charge in [-0.2, -0.15) is 0 Å². The Balaban J connectivity index is 0.00000169. The molecule has 1 rings (SSSR count). The lowest BCUT2D eigenvalue weighted by molar-refractivity contribution is 0.0600. The molecule has 5 heteroatoms. The lowest BCUT2D eigenvalue weighted by Crippen LogP contribution is -2.16. The van der Waals surface area contributed by atoms with E-state index in [9.17, 15) is 4.79 Å². The van der Waals surface area contributed by atoms with Crippen LogP contribution in [-0.4, -0.2) is 18.9 Å². The van der Waals surface area contributed by atoms with Gasteiger partial charge in [-0.3, -0.25) is 5.41 Å². The number of carbonyl (C=O) groups is 1. The van der Waals surface area contributed by atoms with E-state index in [4.69, 9.17) is 11.1 Å². The van der Waals surface area contributed by atoms with Crippen LogP contribution in [0.1, 0.15) is 15.9 Å². The fourth-order valence-corrected chi connectivity index (χ4v) is 1.01. The van der Waals surface area contributed by atoms with Crippen LogP contribution in [-0.2, 0) is 4.74 Å². The van der Waals surface area contributed by atoms with Crippen LogP contribution in [0.15, 0.2) is 24.3 Å². The number of hydrogen-bond acceptors (Lipinski definition) is 3. The van der Waals surface area contributed by atoms with E-state index in [1.165, 1.54) is 7.11 Å². The highest BCUT2D eigenvalue weighted by atomic mass is 35.5. The lowest BCUT2D eigenvalue weighted by atomic mass is 10.1. The van der Waals surface area contributed by atoms with Gasteiger partial charge in [-0.25, -0.2) is 4.79 Å². The molecule has 0 saturated heterocycles. The van der Waals surface area contributed by atoms with Crippen molar-refractivity contribution >= 4 is 24.2 Å². The highest BCUT2D eigenvalue weighted by Crippen LogP contribution is 2.08. The van der Waals surface area contributed by atoms with Crippen LogP contribution >= 0.6 is 12.4 Å². The van der Waals surface area contributed by atoms with E-state index in [1.807, 2.05) is 0 Å². The molecule has 0 radical (unpaired) electrons. The zero-order valence-electron chi connectivity index (χ0n) is 7.61. The molecule has 0 aliphatic heterocycles. The first-order valence-corrected chi connectivity index (χ1v) is 3.68. The summed E-state index contributed by atoms with van der Waals surface area (Å²) in [6.07, 6.45) is 0. The minimum atomic E-state index is -0.481.